The van der Waals surface area contributed by atoms with Crippen LogP contribution in [0, 0.1) is 0 Å². The number of aliphatic hydroxyl groups excluding tert-OH is 1. The number of halogens is 3. The van der Waals surface area contributed by atoms with E-state index in [9.17, 15) is 18.3 Å². The van der Waals surface area contributed by atoms with Gasteiger partial charge in [-0.2, -0.15) is 13.2 Å². The van der Waals surface area contributed by atoms with Gasteiger partial charge in [-0.05, 0) is 38.5 Å². The van der Waals surface area contributed by atoms with Crippen molar-refractivity contribution in [2.75, 3.05) is 6.61 Å². The van der Waals surface area contributed by atoms with Crippen molar-refractivity contribution in [3.05, 3.63) is 35.4 Å². The predicted molar refractivity (Wildman–Crippen MR) is 66.9 cm³/mol. The number of hydrogen-bond donors (Lipinski definition) is 1. The first kappa shape index (κ1) is 16.0. The van der Waals surface area contributed by atoms with E-state index < -0.39 is 17.8 Å². The summed E-state index contributed by atoms with van der Waals surface area (Å²) < 4.78 is 42.5. The second-order valence-corrected chi connectivity index (χ2v) is 5.48. The third kappa shape index (κ3) is 6.07. The van der Waals surface area contributed by atoms with E-state index in [0.29, 0.717) is 5.56 Å². The minimum atomic E-state index is -4.33. The minimum absolute atomic E-state index is 0.157. The Hall–Kier alpha value is -1.07. The van der Waals surface area contributed by atoms with Gasteiger partial charge in [0.15, 0.2) is 0 Å². The standard InChI is InChI=1S/C14H19F3O2/c1-13(2,3)19-9-12(18)8-10-4-6-11(7-5-10)14(15,16)17/h4-7,12,18H,8-9H2,1-3H3. The number of aliphatic hydroxyl groups is 1. The number of benzene rings is 1. The van der Waals surface area contributed by atoms with E-state index >= 15 is 0 Å². The summed E-state index contributed by atoms with van der Waals surface area (Å²) in [6, 6.07) is 4.80. The Balaban J connectivity index is 2.54. The van der Waals surface area contributed by atoms with Crippen LogP contribution in [0.1, 0.15) is 31.9 Å². The normalized spacial score (nSPS) is 14.5. The fourth-order valence-electron chi connectivity index (χ4n) is 1.51. The summed E-state index contributed by atoms with van der Waals surface area (Å²) in [6.07, 6.45) is -4.78. The molecule has 1 aromatic rings. The average molecular weight is 276 g/mol. The second-order valence-electron chi connectivity index (χ2n) is 5.48. The number of hydrogen-bond acceptors (Lipinski definition) is 2. The van der Waals surface area contributed by atoms with Crippen LogP contribution in [0.15, 0.2) is 24.3 Å². The van der Waals surface area contributed by atoms with Crippen molar-refractivity contribution in [3.63, 3.8) is 0 Å². The third-order valence-corrected chi connectivity index (χ3v) is 2.46. The Morgan fingerprint density at radius 3 is 2.05 bits per heavy atom. The average Bonchev–Trinajstić information content (AvgIpc) is 2.25. The van der Waals surface area contributed by atoms with Crippen molar-refractivity contribution in [3.8, 4) is 0 Å². The molecule has 1 aromatic carbocycles. The molecule has 1 atom stereocenters. The van der Waals surface area contributed by atoms with E-state index in [-0.39, 0.29) is 18.6 Å². The van der Waals surface area contributed by atoms with Gasteiger partial charge in [0.05, 0.1) is 23.9 Å². The van der Waals surface area contributed by atoms with E-state index in [1.165, 1.54) is 12.1 Å². The van der Waals surface area contributed by atoms with Gasteiger partial charge in [-0.25, -0.2) is 0 Å². The quantitative estimate of drug-likeness (QED) is 0.913. The van der Waals surface area contributed by atoms with E-state index in [1.807, 2.05) is 20.8 Å². The van der Waals surface area contributed by atoms with E-state index in [2.05, 4.69) is 0 Å². The van der Waals surface area contributed by atoms with Gasteiger partial charge < -0.3 is 9.84 Å². The van der Waals surface area contributed by atoms with E-state index in [4.69, 9.17) is 4.74 Å². The Kier molecular flexibility index (Phi) is 4.98. The molecular formula is C14H19F3O2. The molecule has 0 saturated heterocycles. The predicted octanol–water partition coefficient (Wildman–Crippen LogP) is 3.42. The minimum Gasteiger partial charge on any atom is -0.390 e. The van der Waals surface area contributed by atoms with Gasteiger partial charge in [-0.15, -0.1) is 0 Å². The van der Waals surface area contributed by atoms with Gasteiger partial charge in [-0.1, -0.05) is 12.1 Å². The van der Waals surface area contributed by atoms with Crippen LogP contribution in [0.25, 0.3) is 0 Å². The van der Waals surface area contributed by atoms with Gasteiger partial charge >= 0.3 is 6.18 Å². The van der Waals surface area contributed by atoms with Crippen LogP contribution < -0.4 is 0 Å². The third-order valence-electron chi connectivity index (χ3n) is 2.46. The smallest absolute Gasteiger partial charge is 0.390 e. The molecule has 2 nitrogen and oxygen atoms in total. The molecule has 0 aliphatic rings. The molecule has 0 heterocycles. The molecule has 5 heteroatoms. The van der Waals surface area contributed by atoms with Crippen molar-refractivity contribution in [1.82, 2.24) is 0 Å². The summed E-state index contributed by atoms with van der Waals surface area (Å²) in [5.74, 6) is 0. The van der Waals surface area contributed by atoms with Crippen LogP contribution in [-0.2, 0) is 17.3 Å². The van der Waals surface area contributed by atoms with Crippen LogP contribution >= 0.6 is 0 Å². The Bertz CT molecular complexity index is 391. The van der Waals surface area contributed by atoms with Crippen LogP contribution in [0.3, 0.4) is 0 Å². The van der Waals surface area contributed by atoms with Crippen molar-refractivity contribution in [2.24, 2.45) is 0 Å². The molecule has 1 N–H and O–H groups in total. The molecular weight excluding hydrogens is 257 g/mol. The van der Waals surface area contributed by atoms with Crippen LogP contribution in [-0.4, -0.2) is 23.4 Å². The Morgan fingerprint density at radius 1 is 1.11 bits per heavy atom. The van der Waals surface area contributed by atoms with Crippen molar-refractivity contribution in [2.45, 2.75) is 45.1 Å². The highest BCUT2D eigenvalue weighted by atomic mass is 19.4. The van der Waals surface area contributed by atoms with Crippen molar-refractivity contribution < 1.29 is 23.0 Å². The lowest BCUT2D eigenvalue weighted by Crippen LogP contribution is -2.27. The zero-order valence-electron chi connectivity index (χ0n) is 11.3. The van der Waals surface area contributed by atoms with Crippen molar-refractivity contribution >= 4 is 0 Å². The second kappa shape index (κ2) is 5.92. The highest BCUT2D eigenvalue weighted by Crippen LogP contribution is 2.29. The molecule has 0 aliphatic heterocycles. The highest BCUT2D eigenvalue weighted by molar-refractivity contribution is 5.25. The molecule has 0 bridgehead atoms. The fourth-order valence-corrected chi connectivity index (χ4v) is 1.51. The topological polar surface area (TPSA) is 29.5 Å². The summed E-state index contributed by atoms with van der Waals surface area (Å²) in [4.78, 5) is 0. The lowest BCUT2D eigenvalue weighted by molar-refractivity contribution is -0.137. The Morgan fingerprint density at radius 2 is 1.63 bits per heavy atom. The molecule has 0 aromatic heterocycles. The van der Waals surface area contributed by atoms with Gasteiger partial charge in [0.25, 0.3) is 0 Å². The van der Waals surface area contributed by atoms with Gasteiger partial charge in [0.2, 0.25) is 0 Å². The summed E-state index contributed by atoms with van der Waals surface area (Å²) in [5.41, 5.74) is -0.379. The molecule has 0 radical (unpaired) electrons. The van der Waals surface area contributed by atoms with E-state index in [1.54, 1.807) is 0 Å². The van der Waals surface area contributed by atoms with Crippen LogP contribution in [0.4, 0.5) is 13.2 Å². The lowest BCUT2D eigenvalue weighted by Gasteiger charge is -2.22. The van der Waals surface area contributed by atoms with Crippen LogP contribution in [0.5, 0.6) is 0 Å². The molecule has 0 amide bonds. The maximum atomic E-state index is 12.4. The van der Waals surface area contributed by atoms with E-state index in [0.717, 1.165) is 12.1 Å². The lowest BCUT2D eigenvalue weighted by atomic mass is 10.1. The first-order valence-electron chi connectivity index (χ1n) is 6.06. The largest absolute Gasteiger partial charge is 0.416 e. The first-order valence-corrected chi connectivity index (χ1v) is 6.06. The zero-order chi connectivity index (χ0) is 14.7. The molecule has 0 fully saturated rings. The summed E-state index contributed by atoms with van der Waals surface area (Å²) >= 11 is 0. The number of rotatable bonds is 4. The zero-order valence-corrected chi connectivity index (χ0v) is 11.3. The monoisotopic (exact) mass is 276 g/mol. The number of ether oxygens (including phenoxy) is 1. The molecule has 108 valence electrons. The summed E-state index contributed by atoms with van der Waals surface area (Å²) in [7, 11) is 0. The maximum Gasteiger partial charge on any atom is 0.416 e. The summed E-state index contributed by atoms with van der Waals surface area (Å²) in [5, 5.41) is 9.75. The molecule has 19 heavy (non-hydrogen) atoms. The maximum absolute atomic E-state index is 12.4. The molecule has 0 saturated carbocycles. The van der Waals surface area contributed by atoms with Gasteiger partial charge in [-0.3, -0.25) is 0 Å². The molecule has 0 spiro atoms. The van der Waals surface area contributed by atoms with Gasteiger partial charge in [0, 0.05) is 6.42 Å². The SMILES string of the molecule is CC(C)(C)OCC(O)Cc1ccc(C(F)(F)F)cc1. The van der Waals surface area contributed by atoms with Gasteiger partial charge in [0.1, 0.15) is 0 Å². The molecule has 1 unspecified atom stereocenters. The Labute approximate surface area is 111 Å². The number of alkyl halides is 3. The van der Waals surface area contributed by atoms with Crippen molar-refractivity contribution in [1.29, 1.82) is 0 Å². The highest BCUT2D eigenvalue weighted by Gasteiger charge is 2.29. The first-order chi connectivity index (χ1) is 8.58. The summed E-state index contributed by atoms with van der Waals surface area (Å²) in [6.45, 7) is 5.78. The molecule has 0 aliphatic carbocycles. The molecule has 1 rings (SSSR count). The fraction of sp³-hybridized carbons (Fsp3) is 0.571. The van der Waals surface area contributed by atoms with Crippen LogP contribution in [0.2, 0.25) is 0 Å².